The number of carbonyl (C=O) groups is 2. The quantitative estimate of drug-likeness (QED) is 0.142. The fourth-order valence-corrected chi connectivity index (χ4v) is 5.50. The van der Waals surface area contributed by atoms with Gasteiger partial charge in [0.05, 0.1) is 38.6 Å². The third-order valence-electron chi connectivity index (χ3n) is 8.57. The SMILES string of the molecule is CN(C(=O)c1ccc2cc(OCCC3CO3)ccc2c1)c1ccc(N(C)C(=O)c2ccc3cc(OCCC4CO4)ccc3c2)cc1. The molecule has 0 N–H and O–H groups in total. The van der Waals surface area contributed by atoms with E-state index in [1.54, 1.807) is 23.9 Å². The molecule has 7 rings (SSSR count). The zero-order valence-electron chi connectivity index (χ0n) is 26.0. The van der Waals surface area contributed by atoms with Crippen molar-refractivity contribution in [2.24, 2.45) is 0 Å². The number of benzene rings is 5. The minimum absolute atomic E-state index is 0.120. The fraction of sp³-hybridized carbons (Fsp3) is 0.263. The molecule has 5 aromatic carbocycles. The first-order valence-electron chi connectivity index (χ1n) is 15.6. The molecule has 46 heavy (non-hydrogen) atoms. The summed E-state index contributed by atoms with van der Waals surface area (Å²) in [6.45, 7) is 2.90. The van der Waals surface area contributed by atoms with Crippen LogP contribution in [0.2, 0.25) is 0 Å². The number of carbonyl (C=O) groups excluding carboxylic acids is 2. The maximum absolute atomic E-state index is 13.4. The monoisotopic (exact) mass is 616 g/mol. The van der Waals surface area contributed by atoms with Crippen molar-refractivity contribution in [2.45, 2.75) is 25.0 Å². The highest BCUT2D eigenvalue weighted by atomic mass is 16.6. The van der Waals surface area contributed by atoms with Crippen LogP contribution in [0.5, 0.6) is 11.5 Å². The summed E-state index contributed by atoms with van der Waals surface area (Å²) in [5.74, 6) is 1.38. The molecule has 5 aromatic rings. The first kappa shape index (κ1) is 29.8. The predicted molar refractivity (Wildman–Crippen MR) is 180 cm³/mol. The third kappa shape index (κ3) is 6.83. The molecule has 8 nitrogen and oxygen atoms in total. The Kier molecular flexibility index (Phi) is 8.30. The van der Waals surface area contributed by atoms with E-state index < -0.39 is 0 Å². The van der Waals surface area contributed by atoms with Crippen molar-refractivity contribution >= 4 is 44.7 Å². The smallest absolute Gasteiger partial charge is 0.258 e. The van der Waals surface area contributed by atoms with Crippen molar-refractivity contribution in [1.29, 1.82) is 0 Å². The van der Waals surface area contributed by atoms with Crippen LogP contribution < -0.4 is 19.3 Å². The summed E-state index contributed by atoms with van der Waals surface area (Å²) in [6, 6.07) is 30.6. The average molecular weight is 617 g/mol. The van der Waals surface area contributed by atoms with Gasteiger partial charge in [0.1, 0.15) is 11.5 Å². The molecule has 0 aromatic heterocycles. The largest absolute Gasteiger partial charge is 0.493 e. The normalized spacial score (nSPS) is 16.7. The van der Waals surface area contributed by atoms with Crippen molar-refractivity contribution in [2.75, 3.05) is 50.3 Å². The van der Waals surface area contributed by atoms with Gasteiger partial charge in [0, 0.05) is 49.4 Å². The number of ether oxygens (including phenoxy) is 4. The van der Waals surface area contributed by atoms with Gasteiger partial charge >= 0.3 is 0 Å². The van der Waals surface area contributed by atoms with Crippen LogP contribution in [0.3, 0.4) is 0 Å². The Morgan fingerprint density at radius 2 is 0.957 bits per heavy atom. The maximum atomic E-state index is 13.4. The second-order valence-corrected chi connectivity index (χ2v) is 11.9. The van der Waals surface area contributed by atoms with E-state index >= 15 is 0 Å². The Balaban J connectivity index is 0.981. The Labute approximate surface area is 268 Å². The van der Waals surface area contributed by atoms with Gasteiger partial charge in [-0.25, -0.2) is 0 Å². The Morgan fingerprint density at radius 3 is 1.35 bits per heavy atom. The number of epoxide rings is 2. The Hall–Kier alpha value is -4.92. The number of rotatable bonds is 12. The van der Waals surface area contributed by atoms with Gasteiger partial charge in [0.15, 0.2) is 0 Å². The highest BCUT2D eigenvalue weighted by molar-refractivity contribution is 6.09. The van der Waals surface area contributed by atoms with Crippen LogP contribution in [0.1, 0.15) is 33.6 Å². The molecule has 0 bridgehead atoms. The van der Waals surface area contributed by atoms with E-state index in [2.05, 4.69) is 0 Å². The van der Waals surface area contributed by atoms with Crippen molar-refractivity contribution < 1.29 is 28.5 Å². The van der Waals surface area contributed by atoms with E-state index in [1.807, 2.05) is 97.1 Å². The molecule has 2 unspecified atom stereocenters. The van der Waals surface area contributed by atoms with Gasteiger partial charge < -0.3 is 28.7 Å². The highest BCUT2D eigenvalue weighted by Crippen LogP contribution is 2.27. The van der Waals surface area contributed by atoms with Crippen LogP contribution in [-0.4, -0.2) is 64.5 Å². The van der Waals surface area contributed by atoms with E-state index in [0.29, 0.717) is 36.5 Å². The van der Waals surface area contributed by atoms with Crippen LogP contribution in [-0.2, 0) is 9.47 Å². The van der Waals surface area contributed by atoms with Gasteiger partial charge in [0.25, 0.3) is 11.8 Å². The summed E-state index contributed by atoms with van der Waals surface area (Å²) in [5, 5.41) is 3.96. The van der Waals surface area contributed by atoms with Gasteiger partial charge in [-0.2, -0.15) is 0 Å². The minimum Gasteiger partial charge on any atom is -0.493 e. The number of hydrogen-bond donors (Lipinski definition) is 0. The predicted octanol–water partition coefficient (Wildman–Crippen LogP) is 6.88. The summed E-state index contributed by atoms with van der Waals surface area (Å²) in [7, 11) is 3.51. The second-order valence-electron chi connectivity index (χ2n) is 11.9. The number of nitrogens with zero attached hydrogens (tertiary/aromatic N) is 2. The van der Waals surface area contributed by atoms with Crippen LogP contribution in [0.15, 0.2) is 97.1 Å². The molecular weight excluding hydrogens is 580 g/mol. The molecular formula is C38H36N2O6. The van der Waals surface area contributed by atoms with Crippen LogP contribution in [0.4, 0.5) is 11.4 Å². The minimum atomic E-state index is -0.120. The standard InChI is InChI=1S/C38H36N2O6/c1-39(37(41)29-5-3-27-21-33(13-7-25(27)19-29)43-17-15-35-23-45-35)31-9-11-32(12-10-31)40(2)38(42)30-6-4-28-22-34(14-8-26(28)20-30)44-18-16-36-24-46-36/h3-14,19-22,35-36H,15-18,23-24H2,1-2H3. The highest BCUT2D eigenvalue weighted by Gasteiger charge is 2.23. The lowest BCUT2D eigenvalue weighted by Gasteiger charge is -2.21. The molecule has 0 saturated carbocycles. The molecule has 2 aliphatic rings. The van der Waals surface area contributed by atoms with Gasteiger partial charge in [-0.3, -0.25) is 9.59 Å². The van der Waals surface area contributed by atoms with E-state index in [9.17, 15) is 9.59 Å². The fourth-order valence-electron chi connectivity index (χ4n) is 5.50. The number of amides is 2. The molecule has 2 saturated heterocycles. The zero-order valence-corrected chi connectivity index (χ0v) is 26.0. The maximum Gasteiger partial charge on any atom is 0.258 e. The summed E-state index contributed by atoms with van der Waals surface area (Å²) in [4.78, 5) is 30.0. The average Bonchev–Trinajstić information content (AvgIpc) is 4.04. The summed E-state index contributed by atoms with van der Waals surface area (Å²) in [5.41, 5.74) is 2.64. The van der Waals surface area contributed by atoms with E-state index in [1.165, 1.54) is 0 Å². The number of fused-ring (bicyclic) bond motifs is 2. The second kappa shape index (κ2) is 12.8. The van der Waals surface area contributed by atoms with Crippen molar-refractivity contribution in [3.05, 3.63) is 108 Å². The van der Waals surface area contributed by atoms with Crippen LogP contribution in [0, 0.1) is 0 Å². The van der Waals surface area contributed by atoms with E-state index in [-0.39, 0.29) is 11.8 Å². The molecule has 0 radical (unpaired) electrons. The van der Waals surface area contributed by atoms with E-state index in [4.69, 9.17) is 18.9 Å². The Bertz CT molecular complexity index is 1760. The molecule has 234 valence electrons. The van der Waals surface area contributed by atoms with Crippen LogP contribution in [0.25, 0.3) is 21.5 Å². The van der Waals surface area contributed by atoms with Crippen LogP contribution >= 0.6 is 0 Å². The van der Waals surface area contributed by atoms with Gasteiger partial charge in [0.2, 0.25) is 0 Å². The molecule has 8 heteroatoms. The van der Waals surface area contributed by atoms with Crippen molar-refractivity contribution in [1.82, 2.24) is 0 Å². The molecule has 2 fully saturated rings. The molecule has 2 aliphatic heterocycles. The molecule has 0 spiro atoms. The van der Waals surface area contributed by atoms with Gasteiger partial charge in [-0.05, 0) is 94.3 Å². The van der Waals surface area contributed by atoms with Gasteiger partial charge in [-0.1, -0.05) is 24.3 Å². The molecule has 0 aliphatic carbocycles. The lowest BCUT2D eigenvalue weighted by Crippen LogP contribution is -2.27. The van der Waals surface area contributed by atoms with E-state index in [0.717, 1.165) is 70.5 Å². The Morgan fingerprint density at radius 1 is 0.587 bits per heavy atom. The van der Waals surface area contributed by atoms with Crippen molar-refractivity contribution in [3.63, 3.8) is 0 Å². The molecule has 2 atom stereocenters. The number of hydrogen-bond acceptors (Lipinski definition) is 6. The van der Waals surface area contributed by atoms with Gasteiger partial charge in [-0.15, -0.1) is 0 Å². The topological polar surface area (TPSA) is 84.1 Å². The summed E-state index contributed by atoms with van der Waals surface area (Å²) >= 11 is 0. The molecule has 2 heterocycles. The number of anilines is 2. The lowest BCUT2D eigenvalue weighted by atomic mass is 10.1. The lowest BCUT2D eigenvalue weighted by molar-refractivity contribution is 0.0985. The summed E-state index contributed by atoms with van der Waals surface area (Å²) in [6.07, 6.45) is 2.47. The molecule has 2 amide bonds. The van der Waals surface area contributed by atoms with Crippen molar-refractivity contribution in [3.8, 4) is 11.5 Å². The first-order valence-corrected chi connectivity index (χ1v) is 15.6. The third-order valence-corrected chi connectivity index (χ3v) is 8.57. The zero-order chi connectivity index (χ0) is 31.6. The first-order chi connectivity index (χ1) is 22.4. The summed E-state index contributed by atoms with van der Waals surface area (Å²) < 4.78 is 22.2.